The van der Waals surface area contributed by atoms with E-state index in [2.05, 4.69) is 10.3 Å². The van der Waals surface area contributed by atoms with E-state index in [1.807, 2.05) is 0 Å². The van der Waals surface area contributed by atoms with Crippen molar-refractivity contribution in [2.24, 2.45) is 5.92 Å². The summed E-state index contributed by atoms with van der Waals surface area (Å²) in [5.74, 6) is 0.305. The molecule has 0 radical (unpaired) electrons. The molecule has 2 N–H and O–H groups in total. The Bertz CT molecular complexity index is 575. The lowest BCUT2D eigenvalue weighted by Crippen LogP contribution is -2.48. The number of likely N-dealkylation sites (tertiary alicyclic amines) is 1. The summed E-state index contributed by atoms with van der Waals surface area (Å²) >= 11 is 1.30. The van der Waals surface area contributed by atoms with Crippen LogP contribution >= 0.6 is 11.3 Å². The van der Waals surface area contributed by atoms with Crippen molar-refractivity contribution in [3.63, 3.8) is 0 Å². The van der Waals surface area contributed by atoms with Crippen molar-refractivity contribution in [2.45, 2.75) is 57.6 Å². The molecule has 3 rings (SSSR count). The topological polar surface area (TPSA) is 82.5 Å². The molecule has 2 aliphatic rings. The fraction of sp³-hybridized carbons (Fsp3) is 0.706. The number of nitrogens with one attached hydrogen (secondary N) is 1. The van der Waals surface area contributed by atoms with Crippen molar-refractivity contribution in [3.05, 3.63) is 16.1 Å². The molecule has 132 valence electrons. The monoisotopic (exact) mass is 351 g/mol. The number of aliphatic hydroxyl groups excluding tert-OH is 1. The predicted octanol–water partition coefficient (Wildman–Crippen LogP) is 1.94. The molecule has 0 unspecified atom stereocenters. The number of amides is 2. The molecule has 0 aromatic carbocycles. The minimum absolute atomic E-state index is 0.0805. The zero-order valence-electron chi connectivity index (χ0n) is 13.9. The Morgan fingerprint density at radius 2 is 1.92 bits per heavy atom. The maximum atomic E-state index is 12.4. The summed E-state index contributed by atoms with van der Waals surface area (Å²) in [6.07, 6.45) is 7.19. The Labute approximate surface area is 146 Å². The number of aliphatic hydroxyl groups is 1. The molecule has 1 aliphatic heterocycles. The summed E-state index contributed by atoms with van der Waals surface area (Å²) < 4.78 is 0. The van der Waals surface area contributed by atoms with E-state index >= 15 is 0 Å². The lowest BCUT2D eigenvalue weighted by molar-refractivity contribution is -0.126. The predicted molar refractivity (Wildman–Crippen MR) is 91.7 cm³/mol. The molecule has 2 amide bonds. The van der Waals surface area contributed by atoms with Gasteiger partial charge in [0.15, 0.2) is 0 Å². The van der Waals surface area contributed by atoms with Gasteiger partial charge in [-0.05, 0) is 25.7 Å². The van der Waals surface area contributed by atoms with E-state index in [1.54, 1.807) is 10.3 Å². The second kappa shape index (κ2) is 8.07. The van der Waals surface area contributed by atoms with Crippen LogP contribution in [0.2, 0.25) is 0 Å². The zero-order valence-corrected chi connectivity index (χ0v) is 14.7. The first-order valence-electron chi connectivity index (χ1n) is 8.82. The summed E-state index contributed by atoms with van der Waals surface area (Å²) in [5, 5.41) is 14.5. The lowest BCUT2D eigenvalue weighted by Gasteiger charge is -2.33. The number of rotatable bonds is 4. The minimum atomic E-state index is -0.132. The van der Waals surface area contributed by atoms with Crippen LogP contribution < -0.4 is 5.32 Å². The maximum Gasteiger partial charge on any atom is 0.273 e. The summed E-state index contributed by atoms with van der Waals surface area (Å²) in [4.78, 5) is 30.7. The van der Waals surface area contributed by atoms with E-state index in [-0.39, 0.29) is 30.4 Å². The van der Waals surface area contributed by atoms with E-state index in [0.29, 0.717) is 23.8 Å². The van der Waals surface area contributed by atoms with E-state index in [0.717, 1.165) is 38.5 Å². The van der Waals surface area contributed by atoms with Gasteiger partial charge in [0.2, 0.25) is 5.91 Å². The fourth-order valence-electron chi connectivity index (χ4n) is 3.55. The van der Waals surface area contributed by atoms with Gasteiger partial charge in [0.05, 0.1) is 6.61 Å². The first kappa shape index (κ1) is 17.4. The average Bonchev–Trinajstić information content (AvgIpc) is 3.11. The third-order valence-corrected chi connectivity index (χ3v) is 5.84. The van der Waals surface area contributed by atoms with Gasteiger partial charge in [0.25, 0.3) is 5.91 Å². The van der Waals surface area contributed by atoms with Crippen LogP contribution in [0.25, 0.3) is 0 Å². The number of carbonyl (C=O) groups is 2. The number of piperidine rings is 1. The quantitative estimate of drug-likeness (QED) is 0.868. The maximum absolute atomic E-state index is 12.4. The number of carbonyl (C=O) groups excluding carboxylic acids is 2. The lowest BCUT2D eigenvalue weighted by atomic mass is 9.88. The van der Waals surface area contributed by atoms with Crippen LogP contribution in [0.3, 0.4) is 0 Å². The Morgan fingerprint density at radius 1 is 1.21 bits per heavy atom. The number of hydrogen-bond donors (Lipinski definition) is 2. The SMILES string of the molecule is O=C(NC1CCN(C(=O)c2csc(CO)n2)CC1)C1CCCCC1. The van der Waals surface area contributed by atoms with Gasteiger partial charge in [-0.15, -0.1) is 11.3 Å². The Kier molecular flexibility index (Phi) is 5.84. The van der Waals surface area contributed by atoms with Gasteiger partial charge in [-0.1, -0.05) is 19.3 Å². The molecular formula is C17H25N3O3S. The van der Waals surface area contributed by atoms with E-state index in [1.165, 1.54) is 17.8 Å². The summed E-state index contributed by atoms with van der Waals surface area (Å²) in [6.45, 7) is 1.15. The Balaban J connectivity index is 1.46. The van der Waals surface area contributed by atoms with Gasteiger partial charge < -0.3 is 15.3 Å². The highest BCUT2D eigenvalue weighted by atomic mass is 32.1. The van der Waals surface area contributed by atoms with Gasteiger partial charge in [-0.25, -0.2) is 4.98 Å². The van der Waals surface area contributed by atoms with Crippen LogP contribution in [-0.4, -0.2) is 45.9 Å². The molecule has 0 spiro atoms. The van der Waals surface area contributed by atoms with Crippen LogP contribution in [0.5, 0.6) is 0 Å². The molecule has 1 aliphatic carbocycles. The van der Waals surface area contributed by atoms with Gasteiger partial charge >= 0.3 is 0 Å². The molecular weight excluding hydrogens is 326 g/mol. The standard InChI is InChI=1S/C17H25N3O3S/c21-10-15-19-14(11-24-15)17(23)20-8-6-13(7-9-20)18-16(22)12-4-2-1-3-5-12/h11-13,21H,1-10H2,(H,18,22). The normalized spacial score (nSPS) is 20.1. The second-order valence-corrected chi connectivity index (χ2v) is 7.64. The van der Waals surface area contributed by atoms with Crippen LogP contribution in [0.15, 0.2) is 5.38 Å². The summed E-state index contributed by atoms with van der Waals surface area (Å²) in [5.41, 5.74) is 0.411. The average molecular weight is 351 g/mol. The third-order valence-electron chi connectivity index (χ3n) is 5.01. The van der Waals surface area contributed by atoms with Crippen molar-refractivity contribution in [1.82, 2.24) is 15.2 Å². The van der Waals surface area contributed by atoms with Crippen molar-refractivity contribution in [2.75, 3.05) is 13.1 Å². The number of aromatic nitrogens is 1. The summed E-state index contributed by atoms with van der Waals surface area (Å²) in [6, 6.07) is 0.173. The molecule has 24 heavy (non-hydrogen) atoms. The highest BCUT2D eigenvalue weighted by Crippen LogP contribution is 2.24. The second-order valence-electron chi connectivity index (χ2n) is 6.69. The Hall–Kier alpha value is -1.47. The van der Waals surface area contributed by atoms with E-state index in [4.69, 9.17) is 5.11 Å². The molecule has 1 aromatic heterocycles. The number of nitrogens with zero attached hydrogens (tertiary/aromatic N) is 2. The van der Waals surface area contributed by atoms with Gasteiger partial charge in [-0.3, -0.25) is 9.59 Å². The fourth-order valence-corrected chi connectivity index (χ4v) is 4.18. The van der Waals surface area contributed by atoms with Crippen molar-refractivity contribution in [3.8, 4) is 0 Å². The van der Waals surface area contributed by atoms with Crippen molar-refractivity contribution >= 4 is 23.2 Å². The first-order chi connectivity index (χ1) is 11.7. The van der Waals surface area contributed by atoms with Crippen LogP contribution in [0, 0.1) is 5.92 Å². The molecule has 2 heterocycles. The summed E-state index contributed by atoms with van der Waals surface area (Å²) in [7, 11) is 0. The number of hydrogen-bond acceptors (Lipinski definition) is 5. The smallest absolute Gasteiger partial charge is 0.273 e. The number of thiazole rings is 1. The third kappa shape index (κ3) is 4.13. The Morgan fingerprint density at radius 3 is 2.54 bits per heavy atom. The van der Waals surface area contributed by atoms with Crippen molar-refractivity contribution < 1.29 is 14.7 Å². The van der Waals surface area contributed by atoms with Crippen LogP contribution in [0.4, 0.5) is 0 Å². The first-order valence-corrected chi connectivity index (χ1v) is 9.70. The van der Waals surface area contributed by atoms with Gasteiger partial charge in [-0.2, -0.15) is 0 Å². The molecule has 2 fully saturated rings. The van der Waals surface area contributed by atoms with Crippen molar-refractivity contribution in [1.29, 1.82) is 0 Å². The molecule has 6 nitrogen and oxygen atoms in total. The molecule has 0 atom stereocenters. The molecule has 1 aromatic rings. The van der Waals surface area contributed by atoms with Gasteiger partial charge in [0, 0.05) is 30.4 Å². The highest BCUT2D eigenvalue weighted by molar-refractivity contribution is 7.09. The molecule has 1 saturated carbocycles. The molecule has 7 heteroatoms. The minimum Gasteiger partial charge on any atom is -0.389 e. The highest BCUT2D eigenvalue weighted by Gasteiger charge is 2.28. The van der Waals surface area contributed by atoms with E-state index < -0.39 is 0 Å². The molecule has 0 bridgehead atoms. The molecule has 1 saturated heterocycles. The van der Waals surface area contributed by atoms with Crippen LogP contribution in [0.1, 0.15) is 60.4 Å². The zero-order chi connectivity index (χ0) is 16.9. The van der Waals surface area contributed by atoms with Crippen LogP contribution in [-0.2, 0) is 11.4 Å². The largest absolute Gasteiger partial charge is 0.389 e. The van der Waals surface area contributed by atoms with Gasteiger partial charge in [0.1, 0.15) is 10.7 Å². The van der Waals surface area contributed by atoms with E-state index in [9.17, 15) is 9.59 Å².